The number of nitrogens with one attached hydrogen (secondary N) is 2. The summed E-state index contributed by atoms with van der Waals surface area (Å²) >= 11 is 5.93. The average Bonchev–Trinajstić information content (AvgIpc) is 2.65. The maximum atomic E-state index is 12.3. The number of nitrogens with zero attached hydrogens (tertiary/aromatic N) is 1. The van der Waals surface area contributed by atoms with Crippen molar-refractivity contribution in [2.45, 2.75) is 11.3 Å². The minimum atomic E-state index is -3.66. The first-order valence-electron chi connectivity index (χ1n) is 8.08. The lowest BCUT2D eigenvalue weighted by atomic mass is 10.2. The van der Waals surface area contributed by atoms with E-state index in [9.17, 15) is 23.3 Å². The van der Waals surface area contributed by atoms with E-state index < -0.39 is 20.9 Å². The van der Waals surface area contributed by atoms with Crippen molar-refractivity contribution in [2.24, 2.45) is 0 Å². The first-order valence-corrected chi connectivity index (χ1v) is 9.94. The molecule has 0 spiro atoms. The second kappa shape index (κ2) is 9.60. The van der Waals surface area contributed by atoms with Gasteiger partial charge in [-0.05, 0) is 36.8 Å². The molecule has 0 aliphatic heterocycles. The van der Waals surface area contributed by atoms with Gasteiger partial charge in [-0.15, -0.1) is 0 Å². The molecule has 2 aromatic carbocycles. The fourth-order valence-corrected chi connectivity index (χ4v) is 3.56. The minimum Gasteiger partial charge on any atom is -0.385 e. The summed E-state index contributed by atoms with van der Waals surface area (Å²) in [5.41, 5.74) is 0.177. The zero-order valence-corrected chi connectivity index (χ0v) is 16.4. The molecule has 1 amide bonds. The summed E-state index contributed by atoms with van der Waals surface area (Å²) in [5.74, 6) is -0.576. The highest BCUT2D eigenvalue weighted by Crippen LogP contribution is 2.23. The van der Waals surface area contributed by atoms with Gasteiger partial charge in [0.05, 0.1) is 20.4 Å². The number of halogens is 1. The molecule has 11 heteroatoms. The van der Waals surface area contributed by atoms with Gasteiger partial charge >= 0.3 is 0 Å². The molecule has 0 aliphatic carbocycles. The van der Waals surface area contributed by atoms with Gasteiger partial charge in [-0.2, -0.15) is 0 Å². The van der Waals surface area contributed by atoms with Gasteiger partial charge in [0.1, 0.15) is 0 Å². The third-order valence-corrected chi connectivity index (χ3v) is 5.44. The normalized spacial score (nSPS) is 11.2. The van der Waals surface area contributed by atoms with Gasteiger partial charge in [-0.25, -0.2) is 13.1 Å². The first-order chi connectivity index (χ1) is 13.2. The molecule has 0 bridgehead atoms. The molecule has 0 radical (unpaired) electrons. The summed E-state index contributed by atoms with van der Waals surface area (Å²) in [6, 6.07) is 9.07. The molecule has 150 valence electrons. The highest BCUT2D eigenvalue weighted by atomic mass is 35.5. The SMILES string of the molecule is COCCCNS(=O)(=O)c1ccc(NC(=O)c2ccc([N+](=O)[O-])cc2Cl)cc1. The molecule has 0 unspecified atom stereocenters. The van der Waals surface area contributed by atoms with E-state index in [1.165, 1.54) is 43.5 Å². The third-order valence-electron chi connectivity index (χ3n) is 3.65. The van der Waals surface area contributed by atoms with Crippen LogP contribution in [0.4, 0.5) is 11.4 Å². The van der Waals surface area contributed by atoms with Crippen molar-refractivity contribution < 1.29 is 22.9 Å². The van der Waals surface area contributed by atoms with Gasteiger partial charge in [0, 0.05) is 38.1 Å². The Hall–Kier alpha value is -2.53. The summed E-state index contributed by atoms with van der Waals surface area (Å²) in [4.78, 5) is 22.5. The Bertz CT molecular complexity index is 963. The molecule has 0 saturated carbocycles. The predicted octanol–water partition coefficient (Wildman–Crippen LogP) is 2.82. The second-order valence-corrected chi connectivity index (χ2v) is 7.82. The van der Waals surface area contributed by atoms with Crippen molar-refractivity contribution in [2.75, 3.05) is 25.6 Å². The molecule has 2 N–H and O–H groups in total. The molecule has 0 aliphatic rings. The first kappa shape index (κ1) is 21.8. The fourth-order valence-electron chi connectivity index (χ4n) is 2.22. The molecule has 2 aromatic rings. The van der Waals surface area contributed by atoms with Gasteiger partial charge in [0.2, 0.25) is 10.0 Å². The van der Waals surface area contributed by atoms with Crippen LogP contribution < -0.4 is 10.0 Å². The topological polar surface area (TPSA) is 128 Å². The van der Waals surface area contributed by atoms with Crippen LogP contribution in [0.3, 0.4) is 0 Å². The van der Waals surface area contributed by atoms with E-state index in [2.05, 4.69) is 10.0 Å². The standard InChI is InChI=1S/C17H18ClN3O6S/c1-27-10-2-9-19-28(25,26)14-6-3-12(4-7-14)20-17(22)15-8-5-13(21(23)24)11-16(15)18/h3-8,11,19H,2,9-10H2,1H3,(H,20,22). The van der Waals surface area contributed by atoms with E-state index in [1.807, 2.05) is 0 Å². The lowest BCUT2D eigenvalue weighted by Gasteiger charge is -2.09. The summed E-state index contributed by atoms with van der Waals surface area (Å²) in [6.07, 6.45) is 0.542. The zero-order valence-electron chi connectivity index (χ0n) is 14.8. The minimum absolute atomic E-state index is 0.0521. The van der Waals surface area contributed by atoms with Crippen LogP contribution in [0.15, 0.2) is 47.4 Å². The quantitative estimate of drug-likeness (QED) is 0.360. The zero-order chi connectivity index (χ0) is 20.7. The number of nitro groups is 1. The van der Waals surface area contributed by atoms with Crippen molar-refractivity contribution >= 4 is 38.9 Å². The number of non-ortho nitro benzene ring substituents is 1. The molecule has 0 aromatic heterocycles. The average molecular weight is 428 g/mol. The molecule has 2 rings (SSSR count). The summed E-state index contributed by atoms with van der Waals surface area (Å²) in [7, 11) is -2.13. The van der Waals surface area contributed by atoms with Crippen molar-refractivity contribution in [1.82, 2.24) is 4.72 Å². The van der Waals surface area contributed by atoms with Crippen molar-refractivity contribution in [3.63, 3.8) is 0 Å². The van der Waals surface area contributed by atoms with Gasteiger partial charge in [0.15, 0.2) is 0 Å². The number of carbonyl (C=O) groups is 1. The van der Waals surface area contributed by atoms with Crippen LogP contribution in [0, 0.1) is 10.1 Å². The van der Waals surface area contributed by atoms with Crippen molar-refractivity contribution in [3.05, 3.63) is 63.2 Å². The van der Waals surface area contributed by atoms with Gasteiger partial charge < -0.3 is 10.1 Å². The van der Waals surface area contributed by atoms with Crippen LogP contribution in [0.1, 0.15) is 16.8 Å². The van der Waals surface area contributed by atoms with Crippen molar-refractivity contribution in [1.29, 1.82) is 0 Å². The molecular formula is C17H18ClN3O6S. The maximum Gasteiger partial charge on any atom is 0.270 e. The summed E-state index contributed by atoms with van der Waals surface area (Å²) < 4.78 is 31.7. The van der Waals surface area contributed by atoms with Gasteiger partial charge in [0.25, 0.3) is 11.6 Å². The van der Waals surface area contributed by atoms with Crippen LogP contribution in [0.25, 0.3) is 0 Å². The Morgan fingerprint density at radius 1 is 1.21 bits per heavy atom. The number of sulfonamides is 1. The van der Waals surface area contributed by atoms with Crippen LogP contribution in [-0.4, -0.2) is 39.5 Å². The van der Waals surface area contributed by atoms with Crippen LogP contribution >= 0.6 is 11.6 Å². The lowest BCUT2D eigenvalue weighted by Crippen LogP contribution is -2.25. The summed E-state index contributed by atoms with van der Waals surface area (Å²) in [6.45, 7) is 0.687. The molecule has 0 saturated heterocycles. The highest BCUT2D eigenvalue weighted by molar-refractivity contribution is 7.89. The van der Waals surface area contributed by atoms with E-state index in [-0.39, 0.29) is 27.7 Å². The number of carbonyl (C=O) groups excluding carboxylic acids is 1. The number of benzene rings is 2. The predicted molar refractivity (Wildman–Crippen MR) is 104 cm³/mol. The lowest BCUT2D eigenvalue weighted by molar-refractivity contribution is -0.384. The Morgan fingerprint density at radius 3 is 2.46 bits per heavy atom. The number of ether oxygens (including phenoxy) is 1. The Morgan fingerprint density at radius 2 is 1.89 bits per heavy atom. The molecule has 9 nitrogen and oxygen atoms in total. The third kappa shape index (κ3) is 5.73. The van der Waals surface area contributed by atoms with E-state index in [1.54, 1.807) is 0 Å². The Labute approximate surface area is 166 Å². The highest BCUT2D eigenvalue weighted by Gasteiger charge is 2.16. The van der Waals surface area contributed by atoms with E-state index in [0.717, 1.165) is 6.07 Å². The monoisotopic (exact) mass is 427 g/mol. The number of hydrogen-bond acceptors (Lipinski definition) is 6. The Kier molecular flexibility index (Phi) is 7.46. The number of hydrogen-bond donors (Lipinski definition) is 2. The smallest absolute Gasteiger partial charge is 0.270 e. The van der Waals surface area contributed by atoms with Crippen molar-refractivity contribution in [3.8, 4) is 0 Å². The largest absolute Gasteiger partial charge is 0.385 e. The Balaban J connectivity index is 2.06. The van der Waals surface area contributed by atoms with Crippen LogP contribution in [0.5, 0.6) is 0 Å². The van der Waals surface area contributed by atoms with Crippen LogP contribution in [-0.2, 0) is 14.8 Å². The molecule has 28 heavy (non-hydrogen) atoms. The molecule has 0 heterocycles. The number of nitro benzene ring substituents is 1. The molecule has 0 atom stereocenters. The fraction of sp³-hybridized carbons (Fsp3) is 0.235. The van der Waals surface area contributed by atoms with Gasteiger partial charge in [-0.1, -0.05) is 11.6 Å². The number of rotatable bonds is 9. The van der Waals surface area contributed by atoms with E-state index in [0.29, 0.717) is 18.7 Å². The van der Waals surface area contributed by atoms with E-state index >= 15 is 0 Å². The van der Waals surface area contributed by atoms with Gasteiger partial charge in [-0.3, -0.25) is 14.9 Å². The van der Waals surface area contributed by atoms with E-state index in [4.69, 9.17) is 16.3 Å². The van der Waals surface area contributed by atoms with Crippen LogP contribution in [0.2, 0.25) is 5.02 Å². The maximum absolute atomic E-state index is 12.3. The molecular weight excluding hydrogens is 410 g/mol. The summed E-state index contributed by atoms with van der Waals surface area (Å²) in [5, 5.41) is 13.2. The number of anilines is 1. The molecule has 0 fully saturated rings. The second-order valence-electron chi connectivity index (χ2n) is 5.64. The number of methoxy groups -OCH3 is 1. The number of amides is 1.